The fourth-order valence-electron chi connectivity index (χ4n) is 2.46. The summed E-state index contributed by atoms with van der Waals surface area (Å²) in [5, 5.41) is 9.02. The summed E-state index contributed by atoms with van der Waals surface area (Å²) in [6.07, 6.45) is 1.51. The van der Waals surface area contributed by atoms with E-state index in [1.165, 1.54) is 12.0 Å². The summed E-state index contributed by atoms with van der Waals surface area (Å²) >= 11 is 0. The largest absolute Gasteiger partial charge is 0.497 e. The second-order valence-corrected chi connectivity index (χ2v) is 4.95. The van der Waals surface area contributed by atoms with Gasteiger partial charge >= 0.3 is 0 Å². The van der Waals surface area contributed by atoms with Crippen LogP contribution < -0.4 is 14.5 Å². The first kappa shape index (κ1) is 13.8. The van der Waals surface area contributed by atoms with E-state index in [4.69, 9.17) is 14.3 Å². The van der Waals surface area contributed by atoms with Crippen LogP contribution in [0.4, 0.5) is 11.7 Å². The van der Waals surface area contributed by atoms with Crippen LogP contribution in [0.2, 0.25) is 0 Å². The van der Waals surface area contributed by atoms with Gasteiger partial charge in [0, 0.05) is 31.9 Å². The highest BCUT2D eigenvalue weighted by Gasteiger charge is 2.20. The van der Waals surface area contributed by atoms with Gasteiger partial charge in [0.25, 0.3) is 6.01 Å². The van der Waals surface area contributed by atoms with Crippen molar-refractivity contribution in [1.29, 1.82) is 0 Å². The van der Waals surface area contributed by atoms with Crippen molar-refractivity contribution in [2.45, 2.75) is 6.61 Å². The van der Waals surface area contributed by atoms with Gasteiger partial charge in [-0.2, -0.15) is 4.98 Å². The fraction of sp³-hybridized carbons (Fsp3) is 0.400. The van der Waals surface area contributed by atoms with Crippen LogP contribution in [0, 0.1) is 0 Å². The zero-order valence-electron chi connectivity index (χ0n) is 12.0. The van der Waals surface area contributed by atoms with Crippen LogP contribution in [0.5, 0.6) is 5.75 Å². The van der Waals surface area contributed by atoms with Crippen molar-refractivity contribution in [3.63, 3.8) is 0 Å². The number of benzene rings is 1. The van der Waals surface area contributed by atoms with Crippen molar-refractivity contribution in [3.05, 3.63) is 36.2 Å². The minimum Gasteiger partial charge on any atom is -0.497 e. The second-order valence-electron chi connectivity index (χ2n) is 4.95. The maximum absolute atomic E-state index is 9.02. The number of aliphatic hydroxyl groups excluding tert-OH is 1. The summed E-state index contributed by atoms with van der Waals surface area (Å²) in [6.45, 7) is 3.41. The fourth-order valence-corrected chi connectivity index (χ4v) is 2.46. The number of aliphatic hydroxyl groups is 1. The molecule has 0 spiro atoms. The summed E-state index contributed by atoms with van der Waals surface area (Å²) in [7, 11) is 1.67. The Morgan fingerprint density at radius 2 is 1.81 bits per heavy atom. The van der Waals surface area contributed by atoms with Gasteiger partial charge in [-0.15, -0.1) is 0 Å². The Bertz CT molecular complexity index is 574. The highest BCUT2D eigenvalue weighted by Crippen LogP contribution is 2.22. The molecule has 1 aliphatic heterocycles. The topological polar surface area (TPSA) is 62.0 Å². The lowest BCUT2D eigenvalue weighted by Gasteiger charge is -2.35. The quantitative estimate of drug-likeness (QED) is 0.920. The molecule has 0 unspecified atom stereocenters. The standard InChI is InChI=1S/C15H19N3O3/c1-20-14-4-2-13(3-5-14)17-6-8-18(9-7-17)15-16-12(10-19)11-21-15/h2-5,11,19H,6-10H2,1H3. The predicted molar refractivity (Wildman–Crippen MR) is 79.8 cm³/mol. The molecule has 112 valence electrons. The van der Waals surface area contributed by atoms with Crippen LogP contribution in [0.25, 0.3) is 0 Å². The highest BCUT2D eigenvalue weighted by atomic mass is 16.5. The van der Waals surface area contributed by atoms with Gasteiger partial charge in [0.05, 0.1) is 13.7 Å². The summed E-state index contributed by atoms with van der Waals surface area (Å²) in [6, 6.07) is 8.69. The van der Waals surface area contributed by atoms with Crippen molar-refractivity contribution in [1.82, 2.24) is 4.98 Å². The van der Waals surface area contributed by atoms with Crippen LogP contribution in [-0.4, -0.2) is 43.4 Å². The lowest BCUT2D eigenvalue weighted by molar-refractivity contribution is 0.276. The molecule has 0 amide bonds. The van der Waals surface area contributed by atoms with Crippen LogP contribution in [0.15, 0.2) is 34.9 Å². The molecule has 1 N–H and O–H groups in total. The highest BCUT2D eigenvalue weighted by molar-refractivity contribution is 5.50. The lowest BCUT2D eigenvalue weighted by Crippen LogP contribution is -2.46. The van der Waals surface area contributed by atoms with E-state index in [2.05, 4.69) is 26.9 Å². The van der Waals surface area contributed by atoms with Gasteiger partial charge in [0.15, 0.2) is 0 Å². The van der Waals surface area contributed by atoms with Crippen molar-refractivity contribution in [2.24, 2.45) is 0 Å². The first-order chi connectivity index (χ1) is 10.3. The molecule has 2 heterocycles. The molecule has 0 radical (unpaired) electrons. The lowest BCUT2D eigenvalue weighted by atomic mass is 10.2. The first-order valence-corrected chi connectivity index (χ1v) is 6.99. The van der Waals surface area contributed by atoms with E-state index >= 15 is 0 Å². The van der Waals surface area contributed by atoms with Gasteiger partial charge in [0.2, 0.25) is 0 Å². The van der Waals surface area contributed by atoms with Gasteiger partial charge < -0.3 is 24.1 Å². The number of hydrogen-bond donors (Lipinski definition) is 1. The van der Waals surface area contributed by atoms with E-state index in [-0.39, 0.29) is 6.61 Å². The molecule has 0 atom stereocenters. The number of aromatic nitrogens is 1. The molecule has 21 heavy (non-hydrogen) atoms. The Morgan fingerprint density at radius 3 is 2.38 bits per heavy atom. The smallest absolute Gasteiger partial charge is 0.297 e. The summed E-state index contributed by atoms with van der Waals surface area (Å²) in [5.41, 5.74) is 1.77. The minimum atomic E-state index is -0.0880. The summed E-state index contributed by atoms with van der Waals surface area (Å²) in [5.74, 6) is 0.869. The average Bonchev–Trinajstić information content (AvgIpc) is 3.04. The molecule has 0 saturated carbocycles. The molecule has 1 aromatic carbocycles. The Labute approximate surface area is 123 Å². The number of nitrogens with zero attached hydrogens (tertiary/aromatic N) is 3. The third-order valence-electron chi connectivity index (χ3n) is 3.69. The number of anilines is 2. The number of oxazole rings is 1. The van der Waals surface area contributed by atoms with E-state index in [0.717, 1.165) is 31.9 Å². The SMILES string of the molecule is COc1ccc(N2CCN(c3nc(CO)co3)CC2)cc1. The van der Waals surface area contributed by atoms with E-state index < -0.39 is 0 Å². The van der Waals surface area contributed by atoms with Gasteiger partial charge in [-0.05, 0) is 24.3 Å². The molecule has 1 aromatic heterocycles. The zero-order chi connectivity index (χ0) is 14.7. The number of ether oxygens (including phenoxy) is 1. The van der Waals surface area contributed by atoms with E-state index in [1.807, 2.05) is 12.1 Å². The third-order valence-corrected chi connectivity index (χ3v) is 3.69. The van der Waals surface area contributed by atoms with Gasteiger partial charge in [-0.1, -0.05) is 0 Å². The summed E-state index contributed by atoms with van der Waals surface area (Å²) < 4.78 is 10.6. The molecule has 1 aliphatic rings. The molecule has 2 aromatic rings. The van der Waals surface area contributed by atoms with Crippen molar-refractivity contribution in [3.8, 4) is 5.75 Å². The van der Waals surface area contributed by atoms with Crippen molar-refractivity contribution in [2.75, 3.05) is 43.1 Å². The molecule has 0 bridgehead atoms. The molecule has 3 rings (SSSR count). The molecular formula is C15H19N3O3. The van der Waals surface area contributed by atoms with E-state index in [9.17, 15) is 0 Å². The number of piperazine rings is 1. The van der Waals surface area contributed by atoms with E-state index in [0.29, 0.717) is 11.7 Å². The molecular weight excluding hydrogens is 270 g/mol. The molecule has 1 fully saturated rings. The van der Waals surface area contributed by atoms with Crippen molar-refractivity contribution >= 4 is 11.7 Å². The monoisotopic (exact) mass is 289 g/mol. The predicted octanol–water partition coefficient (Wildman–Crippen LogP) is 1.50. The first-order valence-electron chi connectivity index (χ1n) is 6.99. The zero-order valence-corrected chi connectivity index (χ0v) is 12.0. The Balaban J connectivity index is 1.61. The maximum Gasteiger partial charge on any atom is 0.297 e. The number of rotatable bonds is 4. The Kier molecular flexibility index (Phi) is 3.96. The maximum atomic E-state index is 9.02. The number of hydrogen-bond acceptors (Lipinski definition) is 6. The van der Waals surface area contributed by atoms with Crippen LogP contribution in [-0.2, 0) is 6.61 Å². The van der Waals surface area contributed by atoms with Crippen LogP contribution in [0.1, 0.15) is 5.69 Å². The normalized spacial score (nSPS) is 15.3. The van der Waals surface area contributed by atoms with Crippen molar-refractivity contribution < 1.29 is 14.3 Å². The summed E-state index contributed by atoms with van der Waals surface area (Å²) in [4.78, 5) is 8.67. The van der Waals surface area contributed by atoms with Gasteiger partial charge in [-0.25, -0.2) is 0 Å². The van der Waals surface area contributed by atoms with Gasteiger partial charge in [0.1, 0.15) is 17.7 Å². The van der Waals surface area contributed by atoms with Crippen LogP contribution >= 0.6 is 0 Å². The Hall–Kier alpha value is -2.21. The average molecular weight is 289 g/mol. The Morgan fingerprint density at radius 1 is 1.14 bits per heavy atom. The third kappa shape index (κ3) is 2.95. The second kappa shape index (κ2) is 6.05. The number of methoxy groups -OCH3 is 1. The molecule has 1 saturated heterocycles. The minimum absolute atomic E-state index is 0.0880. The molecule has 6 heteroatoms. The molecule has 6 nitrogen and oxygen atoms in total. The van der Waals surface area contributed by atoms with Crippen LogP contribution in [0.3, 0.4) is 0 Å². The molecule has 0 aliphatic carbocycles. The van der Waals surface area contributed by atoms with E-state index in [1.54, 1.807) is 7.11 Å². The van der Waals surface area contributed by atoms with Gasteiger partial charge in [-0.3, -0.25) is 0 Å².